The van der Waals surface area contributed by atoms with Crippen molar-refractivity contribution >= 4 is 11.9 Å². The standard InChI is InChI=1S/C16H23F2N3O6/c1-2-3-4-5-8-26-15(25)20-11-6-7-19-14(24)21(11)13-16(17,18)12(23)10(9-22)27-13/h6-7,10,12-13,22-23H,2-5,8-9H2,1H3,(H,20,25)/t10-,12-,13-/m1/s1. The second-order valence-corrected chi connectivity index (χ2v) is 6.13. The van der Waals surface area contributed by atoms with Gasteiger partial charge in [-0.3, -0.25) is 5.32 Å². The van der Waals surface area contributed by atoms with E-state index in [0.29, 0.717) is 11.0 Å². The molecule has 152 valence electrons. The van der Waals surface area contributed by atoms with Crippen LogP contribution in [-0.2, 0) is 9.47 Å². The number of carbonyl (C=O) groups is 1. The molecular weight excluding hydrogens is 368 g/mol. The Balaban J connectivity index is 2.15. The number of hydrogen-bond acceptors (Lipinski definition) is 7. The summed E-state index contributed by atoms with van der Waals surface area (Å²) in [6.07, 6.45) is -2.50. The van der Waals surface area contributed by atoms with Crippen molar-refractivity contribution in [1.29, 1.82) is 0 Å². The van der Waals surface area contributed by atoms with Crippen LogP contribution in [0.25, 0.3) is 0 Å². The Bertz CT molecular complexity index is 699. The minimum Gasteiger partial charge on any atom is -0.449 e. The quantitative estimate of drug-likeness (QED) is 0.570. The molecule has 0 unspecified atom stereocenters. The highest BCUT2D eigenvalue weighted by atomic mass is 19.3. The Morgan fingerprint density at radius 1 is 1.44 bits per heavy atom. The maximum absolute atomic E-state index is 14.3. The lowest BCUT2D eigenvalue weighted by Crippen LogP contribution is -2.42. The van der Waals surface area contributed by atoms with Crippen molar-refractivity contribution in [3.8, 4) is 0 Å². The van der Waals surface area contributed by atoms with E-state index in [1.165, 1.54) is 0 Å². The van der Waals surface area contributed by atoms with E-state index in [0.717, 1.165) is 31.5 Å². The lowest BCUT2D eigenvalue weighted by Gasteiger charge is -2.23. The average Bonchev–Trinajstić information content (AvgIpc) is 2.85. The predicted octanol–water partition coefficient (Wildman–Crippen LogP) is 1.26. The monoisotopic (exact) mass is 391 g/mol. The maximum atomic E-state index is 14.3. The van der Waals surface area contributed by atoms with Gasteiger partial charge in [-0.1, -0.05) is 26.2 Å². The number of unbranched alkanes of at least 4 members (excludes halogenated alkanes) is 3. The number of aliphatic hydroxyl groups excluding tert-OH is 2. The summed E-state index contributed by atoms with van der Waals surface area (Å²) in [4.78, 5) is 27.3. The molecule has 0 aliphatic carbocycles. The lowest BCUT2D eigenvalue weighted by atomic mass is 10.1. The van der Waals surface area contributed by atoms with E-state index in [9.17, 15) is 23.5 Å². The summed E-state index contributed by atoms with van der Waals surface area (Å²) in [5.74, 6) is -4.22. The zero-order chi connectivity index (χ0) is 20.0. The van der Waals surface area contributed by atoms with E-state index in [1.54, 1.807) is 0 Å². The molecule has 1 aromatic rings. The molecule has 3 atom stereocenters. The van der Waals surface area contributed by atoms with E-state index >= 15 is 0 Å². The third-order valence-electron chi connectivity index (χ3n) is 4.14. The Hall–Kier alpha value is -2.11. The summed E-state index contributed by atoms with van der Waals surface area (Å²) >= 11 is 0. The minimum absolute atomic E-state index is 0.141. The Labute approximate surface area is 153 Å². The molecule has 1 fully saturated rings. The van der Waals surface area contributed by atoms with Gasteiger partial charge in [0.25, 0.3) is 0 Å². The SMILES string of the molecule is CCCCCCOC(=O)Nc1ccnc(=O)n1[C@@H]1O[C@H](CO)[C@@H](O)C1(F)F. The van der Waals surface area contributed by atoms with Crippen molar-refractivity contribution < 1.29 is 33.3 Å². The van der Waals surface area contributed by atoms with E-state index < -0.39 is 42.7 Å². The maximum Gasteiger partial charge on any atom is 0.412 e. The molecule has 2 rings (SSSR count). The van der Waals surface area contributed by atoms with Crippen LogP contribution in [0.5, 0.6) is 0 Å². The van der Waals surface area contributed by atoms with Crippen LogP contribution < -0.4 is 11.0 Å². The lowest BCUT2D eigenvalue weighted by molar-refractivity contribution is -0.140. The van der Waals surface area contributed by atoms with Crippen molar-refractivity contribution in [1.82, 2.24) is 9.55 Å². The largest absolute Gasteiger partial charge is 0.449 e. The molecule has 1 aliphatic heterocycles. The number of hydrogen-bond donors (Lipinski definition) is 3. The predicted molar refractivity (Wildman–Crippen MR) is 89.6 cm³/mol. The van der Waals surface area contributed by atoms with Gasteiger partial charge in [-0.25, -0.2) is 19.1 Å². The Morgan fingerprint density at radius 3 is 2.81 bits per heavy atom. The van der Waals surface area contributed by atoms with Crippen molar-refractivity contribution in [2.75, 3.05) is 18.5 Å². The summed E-state index contributed by atoms with van der Waals surface area (Å²) in [6, 6.07) is 1.12. The van der Waals surface area contributed by atoms with Crippen molar-refractivity contribution in [3.63, 3.8) is 0 Å². The number of halogens is 2. The number of anilines is 1. The number of nitrogens with one attached hydrogen (secondary N) is 1. The zero-order valence-electron chi connectivity index (χ0n) is 14.8. The highest BCUT2D eigenvalue weighted by Gasteiger charge is 2.60. The molecule has 1 aromatic heterocycles. The van der Waals surface area contributed by atoms with E-state index in [1.807, 2.05) is 6.92 Å². The topological polar surface area (TPSA) is 123 Å². The summed E-state index contributed by atoms with van der Waals surface area (Å²) < 4.78 is 39.0. The summed E-state index contributed by atoms with van der Waals surface area (Å²) in [7, 11) is 0. The number of rotatable bonds is 8. The molecule has 0 spiro atoms. The first-order valence-corrected chi connectivity index (χ1v) is 8.66. The molecule has 9 nitrogen and oxygen atoms in total. The van der Waals surface area contributed by atoms with Crippen LogP contribution in [0.2, 0.25) is 0 Å². The molecule has 11 heteroatoms. The Morgan fingerprint density at radius 2 is 2.19 bits per heavy atom. The molecule has 1 amide bonds. The number of ether oxygens (including phenoxy) is 2. The third-order valence-corrected chi connectivity index (χ3v) is 4.14. The number of alkyl halides is 2. The van der Waals surface area contributed by atoms with Gasteiger partial charge in [-0.2, -0.15) is 8.78 Å². The molecule has 0 radical (unpaired) electrons. The third kappa shape index (κ3) is 4.79. The van der Waals surface area contributed by atoms with Gasteiger partial charge in [0.2, 0.25) is 6.23 Å². The molecule has 1 saturated heterocycles. The van der Waals surface area contributed by atoms with Crippen LogP contribution in [0.15, 0.2) is 17.1 Å². The molecule has 2 heterocycles. The summed E-state index contributed by atoms with van der Waals surface area (Å²) in [6.45, 7) is 1.31. The molecule has 27 heavy (non-hydrogen) atoms. The fourth-order valence-corrected chi connectivity index (χ4v) is 2.68. The van der Waals surface area contributed by atoms with Gasteiger partial charge in [-0.15, -0.1) is 0 Å². The molecule has 3 N–H and O–H groups in total. The number of aromatic nitrogens is 2. The van der Waals surface area contributed by atoms with E-state index in [4.69, 9.17) is 14.6 Å². The second kappa shape index (κ2) is 9.20. The van der Waals surface area contributed by atoms with Crippen LogP contribution in [0.1, 0.15) is 38.8 Å². The highest BCUT2D eigenvalue weighted by Crippen LogP contribution is 2.43. The van der Waals surface area contributed by atoms with Gasteiger partial charge >= 0.3 is 17.7 Å². The van der Waals surface area contributed by atoms with Gasteiger partial charge in [0.05, 0.1) is 13.2 Å². The minimum atomic E-state index is -3.89. The second-order valence-electron chi connectivity index (χ2n) is 6.13. The first kappa shape index (κ1) is 21.2. The smallest absolute Gasteiger partial charge is 0.412 e. The van der Waals surface area contributed by atoms with Gasteiger partial charge in [-0.05, 0) is 12.5 Å². The zero-order valence-corrected chi connectivity index (χ0v) is 14.8. The van der Waals surface area contributed by atoms with E-state index in [-0.39, 0.29) is 12.4 Å². The van der Waals surface area contributed by atoms with E-state index in [2.05, 4.69) is 10.3 Å². The fraction of sp³-hybridized carbons (Fsp3) is 0.688. The fourth-order valence-electron chi connectivity index (χ4n) is 2.68. The van der Waals surface area contributed by atoms with Gasteiger partial charge in [0, 0.05) is 6.20 Å². The normalized spacial score (nSPS) is 24.0. The molecule has 0 saturated carbocycles. The molecular formula is C16H23F2N3O6. The van der Waals surface area contributed by atoms with Crippen molar-refractivity contribution in [3.05, 3.63) is 22.7 Å². The average molecular weight is 391 g/mol. The summed E-state index contributed by atoms with van der Waals surface area (Å²) in [5.41, 5.74) is -1.12. The Kier molecular flexibility index (Phi) is 7.22. The van der Waals surface area contributed by atoms with Crippen LogP contribution >= 0.6 is 0 Å². The summed E-state index contributed by atoms with van der Waals surface area (Å²) in [5, 5.41) is 20.9. The van der Waals surface area contributed by atoms with Crippen LogP contribution in [0.3, 0.4) is 0 Å². The van der Waals surface area contributed by atoms with Crippen molar-refractivity contribution in [2.45, 2.75) is 57.0 Å². The molecule has 0 bridgehead atoms. The van der Waals surface area contributed by atoms with Gasteiger partial charge in [0.1, 0.15) is 11.9 Å². The van der Waals surface area contributed by atoms with Crippen LogP contribution in [0.4, 0.5) is 19.4 Å². The van der Waals surface area contributed by atoms with Gasteiger partial charge < -0.3 is 19.7 Å². The van der Waals surface area contributed by atoms with Crippen LogP contribution in [0, 0.1) is 0 Å². The highest BCUT2D eigenvalue weighted by molar-refractivity contribution is 5.83. The first-order chi connectivity index (χ1) is 12.8. The molecule has 1 aliphatic rings. The van der Waals surface area contributed by atoms with Gasteiger partial charge in [0.15, 0.2) is 6.10 Å². The number of amides is 1. The first-order valence-electron chi connectivity index (χ1n) is 8.66. The van der Waals surface area contributed by atoms with Crippen molar-refractivity contribution in [2.24, 2.45) is 0 Å². The number of aliphatic hydroxyl groups is 2. The molecule has 0 aromatic carbocycles. The van der Waals surface area contributed by atoms with Crippen LogP contribution in [-0.4, -0.2) is 57.2 Å². The number of nitrogens with zero attached hydrogens (tertiary/aromatic N) is 2. The number of carbonyl (C=O) groups excluding carboxylic acids is 1.